The van der Waals surface area contributed by atoms with Crippen LogP contribution in [-0.4, -0.2) is 42.3 Å². The third-order valence-electron chi connectivity index (χ3n) is 3.73. The van der Waals surface area contributed by atoms with Gasteiger partial charge in [-0.1, -0.05) is 13.8 Å². The molecule has 6 heteroatoms. The van der Waals surface area contributed by atoms with Gasteiger partial charge in [0.05, 0.1) is 13.4 Å². The molecule has 1 aromatic heterocycles. The molecule has 2 heterocycles. The summed E-state index contributed by atoms with van der Waals surface area (Å²) in [5.74, 6) is 0.954. The molecule has 2 rings (SSSR count). The van der Waals surface area contributed by atoms with Gasteiger partial charge < -0.3 is 19.9 Å². The molecule has 0 spiro atoms. The van der Waals surface area contributed by atoms with E-state index in [1.807, 2.05) is 0 Å². The fourth-order valence-corrected chi connectivity index (χ4v) is 2.53. The van der Waals surface area contributed by atoms with Crippen LogP contribution in [0, 0.1) is 0 Å². The zero-order valence-corrected chi connectivity index (χ0v) is 11.8. The molecule has 2 unspecified atom stereocenters. The number of H-pyrrole nitrogens is 1. The number of nitrogens with zero attached hydrogens (tertiary/aromatic N) is 2. The molecular formula is C13H22N4O2. The first-order valence-electron chi connectivity index (χ1n) is 6.82. The molecule has 2 N–H and O–H groups in total. The maximum Gasteiger partial charge on any atom is 0.295 e. The van der Waals surface area contributed by atoms with E-state index in [4.69, 9.17) is 4.74 Å². The summed E-state index contributed by atoms with van der Waals surface area (Å²) in [5, 5.41) is 3.53. The molecule has 19 heavy (non-hydrogen) atoms. The molecule has 0 aromatic carbocycles. The molecule has 1 saturated heterocycles. The summed E-state index contributed by atoms with van der Waals surface area (Å²) < 4.78 is 5.22. The third-order valence-corrected chi connectivity index (χ3v) is 3.73. The number of nitrogens with one attached hydrogen (secondary N) is 2. The highest BCUT2D eigenvalue weighted by atomic mass is 16.5. The summed E-state index contributed by atoms with van der Waals surface area (Å²) in [7, 11) is 1.51. The highest BCUT2D eigenvalue weighted by Crippen LogP contribution is 2.25. The fraction of sp³-hybridized carbons (Fsp3) is 0.692. The summed E-state index contributed by atoms with van der Waals surface area (Å²) in [6.07, 6.45) is 3.50. The van der Waals surface area contributed by atoms with Crippen molar-refractivity contribution >= 4 is 5.82 Å². The minimum Gasteiger partial charge on any atom is -0.489 e. The Morgan fingerprint density at radius 1 is 1.47 bits per heavy atom. The molecule has 0 bridgehead atoms. The number of methoxy groups -OCH3 is 1. The zero-order valence-electron chi connectivity index (χ0n) is 11.8. The van der Waals surface area contributed by atoms with Crippen molar-refractivity contribution in [2.75, 3.05) is 25.1 Å². The van der Waals surface area contributed by atoms with Crippen LogP contribution in [0.2, 0.25) is 0 Å². The zero-order chi connectivity index (χ0) is 13.8. The molecular weight excluding hydrogens is 244 g/mol. The average molecular weight is 266 g/mol. The van der Waals surface area contributed by atoms with Crippen LogP contribution >= 0.6 is 0 Å². The second kappa shape index (κ2) is 6.06. The van der Waals surface area contributed by atoms with Gasteiger partial charge in [0.15, 0.2) is 5.82 Å². The predicted octanol–water partition coefficient (Wildman–Crippen LogP) is 0.745. The lowest BCUT2D eigenvalue weighted by Crippen LogP contribution is -2.56. The number of ether oxygens (including phenoxy) is 1. The Kier molecular flexibility index (Phi) is 4.42. The van der Waals surface area contributed by atoms with Crippen LogP contribution in [0.4, 0.5) is 5.82 Å². The lowest BCUT2D eigenvalue weighted by Gasteiger charge is -2.40. The van der Waals surface area contributed by atoms with Crippen LogP contribution in [0.1, 0.15) is 26.7 Å². The van der Waals surface area contributed by atoms with Gasteiger partial charge in [-0.3, -0.25) is 4.79 Å². The van der Waals surface area contributed by atoms with Crippen molar-refractivity contribution in [2.45, 2.75) is 38.8 Å². The number of hydrogen-bond donors (Lipinski definition) is 2. The second-order valence-electron chi connectivity index (χ2n) is 4.82. The van der Waals surface area contributed by atoms with E-state index >= 15 is 0 Å². The van der Waals surface area contributed by atoms with Crippen LogP contribution < -0.4 is 20.5 Å². The van der Waals surface area contributed by atoms with Crippen LogP contribution in [0.15, 0.2) is 11.1 Å². The molecule has 1 aliphatic heterocycles. The molecule has 1 aromatic rings. The molecule has 0 radical (unpaired) electrons. The number of anilines is 1. The summed E-state index contributed by atoms with van der Waals surface area (Å²) in [6, 6.07) is 0.764. The number of aromatic amines is 1. The summed E-state index contributed by atoms with van der Waals surface area (Å²) >= 11 is 0. The van der Waals surface area contributed by atoms with E-state index in [-0.39, 0.29) is 5.56 Å². The van der Waals surface area contributed by atoms with Gasteiger partial charge in [-0.25, -0.2) is 4.98 Å². The molecule has 106 valence electrons. The quantitative estimate of drug-likeness (QED) is 0.841. The molecule has 6 nitrogen and oxygen atoms in total. The van der Waals surface area contributed by atoms with Crippen molar-refractivity contribution in [2.24, 2.45) is 0 Å². The van der Waals surface area contributed by atoms with Crippen LogP contribution in [0.25, 0.3) is 0 Å². The predicted molar refractivity (Wildman–Crippen MR) is 74.9 cm³/mol. The Labute approximate surface area is 113 Å². The maximum absolute atomic E-state index is 11.8. The fourth-order valence-electron chi connectivity index (χ4n) is 2.53. The third kappa shape index (κ3) is 2.73. The smallest absolute Gasteiger partial charge is 0.295 e. The van der Waals surface area contributed by atoms with E-state index < -0.39 is 0 Å². The second-order valence-corrected chi connectivity index (χ2v) is 4.82. The van der Waals surface area contributed by atoms with Crippen molar-refractivity contribution in [1.29, 1.82) is 0 Å². The minimum atomic E-state index is -0.228. The number of piperazine rings is 1. The summed E-state index contributed by atoms with van der Waals surface area (Å²) in [6.45, 7) is 6.06. The van der Waals surface area contributed by atoms with Gasteiger partial charge in [0.2, 0.25) is 5.75 Å². The van der Waals surface area contributed by atoms with Gasteiger partial charge in [-0.05, 0) is 12.8 Å². The van der Waals surface area contributed by atoms with Crippen LogP contribution in [0.3, 0.4) is 0 Å². The lowest BCUT2D eigenvalue weighted by atomic mass is 10.1. The largest absolute Gasteiger partial charge is 0.489 e. The van der Waals surface area contributed by atoms with Gasteiger partial charge in [0.1, 0.15) is 0 Å². The van der Waals surface area contributed by atoms with Gasteiger partial charge in [0.25, 0.3) is 5.56 Å². The molecule has 0 saturated carbocycles. The Bertz CT molecular complexity index is 474. The van der Waals surface area contributed by atoms with E-state index in [0.29, 0.717) is 23.7 Å². The average Bonchev–Trinajstić information content (AvgIpc) is 2.46. The minimum absolute atomic E-state index is 0.228. The number of aromatic nitrogens is 2. The van der Waals surface area contributed by atoms with E-state index in [0.717, 1.165) is 25.9 Å². The van der Waals surface area contributed by atoms with Gasteiger partial charge in [-0.15, -0.1) is 0 Å². The van der Waals surface area contributed by atoms with Gasteiger partial charge >= 0.3 is 0 Å². The van der Waals surface area contributed by atoms with Crippen molar-refractivity contribution < 1.29 is 4.74 Å². The normalized spacial score (nSPS) is 23.4. The molecule has 2 atom stereocenters. The maximum atomic E-state index is 11.8. The van der Waals surface area contributed by atoms with Crippen molar-refractivity contribution in [3.05, 3.63) is 16.7 Å². The van der Waals surface area contributed by atoms with Crippen LogP contribution in [0.5, 0.6) is 5.75 Å². The SMILES string of the molecule is CCC1CN(c2nc[nH]c(=O)c2OC)C(CC)CN1. The Morgan fingerprint density at radius 3 is 2.89 bits per heavy atom. The molecule has 1 fully saturated rings. The number of hydrogen-bond acceptors (Lipinski definition) is 5. The van der Waals surface area contributed by atoms with E-state index in [1.165, 1.54) is 13.4 Å². The standard InChI is InChI=1S/C13H22N4O2/c1-4-9-7-17(10(5-2)6-14-9)12-11(19-3)13(18)16-8-15-12/h8-10,14H,4-7H2,1-3H3,(H,15,16,18). The highest BCUT2D eigenvalue weighted by Gasteiger charge is 2.29. The first-order valence-corrected chi connectivity index (χ1v) is 6.82. The molecule has 1 aliphatic rings. The lowest BCUT2D eigenvalue weighted by molar-refractivity contribution is 0.363. The Morgan fingerprint density at radius 2 is 2.26 bits per heavy atom. The first kappa shape index (κ1) is 13.9. The van der Waals surface area contributed by atoms with Gasteiger partial charge in [-0.2, -0.15) is 0 Å². The Hall–Kier alpha value is -1.56. The molecule has 0 amide bonds. The number of rotatable bonds is 4. The van der Waals surface area contributed by atoms with E-state index in [1.54, 1.807) is 0 Å². The summed E-state index contributed by atoms with van der Waals surface area (Å²) in [4.78, 5) is 20.9. The topological polar surface area (TPSA) is 70.2 Å². The van der Waals surface area contributed by atoms with Crippen LogP contribution in [-0.2, 0) is 0 Å². The van der Waals surface area contributed by atoms with E-state index in [2.05, 4.69) is 34.0 Å². The van der Waals surface area contributed by atoms with Crippen molar-refractivity contribution in [1.82, 2.24) is 15.3 Å². The summed E-state index contributed by atoms with van der Waals surface area (Å²) in [5.41, 5.74) is -0.228. The first-order chi connectivity index (χ1) is 9.21. The monoisotopic (exact) mass is 266 g/mol. The van der Waals surface area contributed by atoms with Gasteiger partial charge in [0, 0.05) is 25.2 Å². The molecule has 0 aliphatic carbocycles. The van der Waals surface area contributed by atoms with Crippen molar-refractivity contribution in [3.63, 3.8) is 0 Å². The van der Waals surface area contributed by atoms with Crippen molar-refractivity contribution in [3.8, 4) is 5.75 Å². The van der Waals surface area contributed by atoms with E-state index in [9.17, 15) is 4.79 Å². The highest BCUT2D eigenvalue weighted by molar-refractivity contribution is 5.52. The Balaban J connectivity index is 2.36.